The highest BCUT2D eigenvalue weighted by Crippen LogP contribution is 2.29. The highest BCUT2D eigenvalue weighted by molar-refractivity contribution is 7.76. The lowest BCUT2D eigenvalue weighted by molar-refractivity contribution is 0.0697. The number of benzene rings is 2. The number of carboxylic acid groups (broad SMARTS) is 1. The topological polar surface area (TPSA) is 81.1 Å². The molecule has 29 heavy (non-hydrogen) atoms. The van der Waals surface area contributed by atoms with Crippen LogP contribution in [0, 0.1) is 0 Å². The fourth-order valence-electron chi connectivity index (χ4n) is 3.70. The molecule has 1 aliphatic rings. The molecule has 156 valence electrons. The minimum Gasteiger partial charge on any atom is -0.478 e. The van der Waals surface area contributed by atoms with E-state index in [1.807, 2.05) is 30.3 Å². The summed E-state index contributed by atoms with van der Waals surface area (Å²) in [5.74, 6) is -1.01. The van der Waals surface area contributed by atoms with Crippen LogP contribution in [0.25, 0.3) is 0 Å². The third-order valence-electron chi connectivity index (χ3n) is 5.22. The van der Waals surface area contributed by atoms with Gasteiger partial charge in [0.05, 0.1) is 5.56 Å². The Hall–Kier alpha value is -2.13. The lowest BCUT2D eigenvalue weighted by atomic mass is 10.0. The van der Waals surface area contributed by atoms with E-state index in [0.29, 0.717) is 32.5 Å². The standard InChI is InChI=1S/C21H25FN2O4S/c22-19-10-12-23(15-19)20(17-4-2-1-3-5-17)11-13-24(29(27)28)14-16-6-8-18(9-7-16)21(25)26/h1-9,19-20H,10-15H2,(H,25,26)(H,27,28)/t19-,20-/m1/s1. The van der Waals surface area contributed by atoms with Crippen molar-refractivity contribution in [3.63, 3.8) is 0 Å². The Balaban J connectivity index is 1.69. The molecule has 3 rings (SSSR count). The van der Waals surface area contributed by atoms with Crippen molar-refractivity contribution < 1.29 is 23.1 Å². The first kappa shape index (κ1) is 21.6. The van der Waals surface area contributed by atoms with Crippen molar-refractivity contribution in [2.24, 2.45) is 0 Å². The lowest BCUT2D eigenvalue weighted by Crippen LogP contribution is -2.32. The lowest BCUT2D eigenvalue weighted by Gasteiger charge is -2.29. The number of carboxylic acids is 1. The Morgan fingerprint density at radius 3 is 2.45 bits per heavy atom. The summed E-state index contributed by atoms with van der Waals surface area (Å²) in [6.45, 7) is 1.60. The van der Waals surface area contributed by atoms with E-state index in [-0.39, 0.29) is 18.2 Å². The van der Waals surface area contributed by atoms with Gasteiger partial charge in [0.15, 0.2) is 0 Å². The van der Waals surface area contributed by atoms with Crippen LogP contribution < -0.4 is 0 Å². The summed E-state index contributed by atoms with van der Waals surface area (Å²) in [7, 11) is 0. The molecule has 0 saturated carbocycles. The molecule has 0 bridgehead atoms. The number of hydrogen-bond acceptors (Lipinski definition) is 3. The van der Waals surface area contributed by atoms with Gasteiger partial charge in [-0.2, -0.15) is 4.31 Å². The summed E-state index contributed by atoms with van der Waals surface area (Å²) < 4.78 is 36.8. The van der Waals surface area contributed by atoms with Crippen LogP contribution in [0.4, 0.5) is 4.39 Å². The Kier molecular flexibility index (Phi) is 7.49. The van der Waals surface area contributed by atoms with Crippen LogP contribution in [-0.4, -0.2) is 54.8 Å². The van der Waals surface area contributed by atoms with Gasteiger partial charge in [-0.1, -0.05) is 42.5 Å². The van der Waals surface area contributed by atoms with Gasteiger partial charge < -0.3 is 5.11 Å². The molecule has 2 aromatic rings. The first-order valence-corrected chi connectivity index (χ1v) is 10.6. The third-order valence-corrected chi connectivity index (χ3v) is 5.97. The average molecular weight is 421 g/mol. The Morgan fingerprint density at radius 2 is 1.90 bits per heavy atom. The zero-order valence-corrected chi connectivity index (χ0v) is 16.8. The van der Waals surface area contributed by atoms with E-state index >= 15 is 0 Å². The van der Waals surface area contributed by atoms with Crippen molar-refractivity contribution in [1.29, 1.82) is 0 Å². The maximum absolute atomic E-state index is 13.8. The minimum absolute atomic E-state index is 0.0302. The quantitative estimate of drug-likeness (QED) is 0.607. The molecule has 2 N–H and O–H groups in total. The molecule has 6 nitrogen and oxygen atoms in total. The summed E-state index contributed by atoms with van der Waals surface area (Å²) in [5.41, 5.74) is 1.99. The summed E-state index contributed by atoms with van der Waals surface area (Å²) in [6.07, 6.45) is 0.252. The van der Waals surface area contributed by atoms with Crippen LogP contribution in [0.1, 0.15) is 40.4 Å². The first-order valence-electron chi connectivity index (χ1n) is 9.55. The van der Waals surface area contributed by atoms with Crippen molar-refractivity contribution in [3.05, 3.63) is 71.3 Å². The summed E-state index contributed by atoms with van der Waals surface area (Å²) in [6, 6.07) is 16.0. The Bertz CT molecular complexity index is 834. The number of likely N-dealkylation sites (tertiary alicyclic amines) is 1. The Labute approximate surface area is 172 Å². The first-order chi connectivity index (χ1) is 13.9. The maximum atomic E-state index is 13.8. The van der Waals surface area contributed by atoms with E-state index in [2.05, 4.69) is 4.90 Å². The molecule has 1 heterocycles. The average Bonchev–Trinajstić information content (AvgIpc) is 3.14. The van der Waals surface area contributed by atoms with Crippen LogP contribution in [0.3, 0.4) is 0 Å². The number of carbonyl (C=O) groups is 1. The second-order valence-electron chi connectivity index (χ2n) is 7.19. The second kappa shape index (κ2) is 10.1. The summed E-state index contributed by atoms with van der Waals surface area (Å²) >= 11 is -2.17. The van der Waals surface area contributed by atoms with Crippen molar-refractivity contribution in [3.8, 4) is 0 Å². The van der Waals surface area contributed by atoms with Gasteiger partial charge in [-0.15, -0.1) is 0 Å². The molecule has 0 spiro atoms. The zero-order chi connectivity index (χ0) is 20.8. The van der Waals surface area contributed by atoms with E-state index in [4.69, 9.17) is 5.11 Å². The van der Waals surface area contributed by atoms with E-state index < -0.39 is 23.4 Å². The number of alkyl halides is 1. The molecule has 0 amide bonds. The minimum atomic E-state index is -2.17. The van der Waals surface area contributed by atoms with E-state index in [9.17, 15) is 17.9 Å². The number of rotatable bonds is 9. The molecule has 2 aromatic carbocycles. The number of nitrogens with zero attached hydrogens (tertiary/aromatic N) is 2. The van der Waals surface area contributed by atoms with Gasteiger partial charge in [-0.25, -0.2) is 13.4 Å². The van der Waals surface area contributed by atoms with Crippen LogP contribution >= 0.6 is 0 Å². The highest BCUT2D eigenvalue weighted by atomic mass is 32.2. The van der Waals surface area contributed by atoms with Gasteiger partial charge in [0.1, 0.15) is 6.17 Å². The smallest absolute Gasteiger partial charge is 0.335 e. The van der Waals surface area contributed by atoms with Gasteiger partial charge in [0.2, 0.25) is 11.3 Å². The van der Waals surface area contributed by atoms with E-state index in [1.165, 1.54) is 16.4 Å². The van der Waals surface area contributed by atoms with Gasteiger partial charge in [0.25, 0.3) is 0 Å². The molecule has 0 aliphatic carbocycles. The molecule has 1 unspecified atom stereocenters. The van der Waals surface area contributed by atoms with E-state index in [1.54, 1.807) is 12.1 Å². The summed E-state index contributed by atoms with van der Waals surface area (Å²) in [4.78, 5) is 13.1. The fourth-order valence-corrected chi connectivity index (χ4v) is 4.22. The molecule has 1 aliphatic heterocycles. The van der Waals surface area contributed by atoms with E-state index in [0.717, 1.165) is 11.1 Å². The SMILES string of the molecule is O=C(O)c1ccc(CN(CC[C@H](c2ccccc2)N2CC[C@@H](F)C2)S(=O)O)cc1. The van der Waals surface area contributed by atoms with Crippen LogP contribution in [-0.2, 0) is 17.8 Å². The van der Waals surface area contributed by atoms with Crippen LogP contribution in [0.5, 0.6) is 0 Å². The van der Waals surface area contributed by atoms with Gasteiger partial charge in [-0.05, 0) is 36.1 Å². The van der Waals surface area contributed by atoms with Crippen molar-refractivity contribution in [2.45, 2.75) is 31.6 Å². The van der Waals surface area contributed by atoms with Crippen LogP contribution in [0.15, 0.2) is 54.6 Å². The molecular weight excluding hydrogens is 395 g/mol. The molecule has 0 aromatic heterocycles. The van der Waals surface area contributed by atoms with Crippen molar-refractivity contribution in [1.82, 2.24) is 9.21 Å². The third kappa shape index (κ3) is 5.93. The predicted molar refractivity (Wildman–Crippen MR) is 109 cm³/mol. The predicted octanol–water partition coefficient (Wildman–Crippen LogP) is 3.50. The molecule has 1 fully saturated rings. The van der Waals surface area contributed by atoms with Crippen molar-refractivity contribution in [2.75, 3.05) is 19.6 Å². The normalized spacial score (nSPS) is 19.3. The fraction of sp³-hybridized carbons (Fsp3) is 0.381. The van der Waals surface area contributed by atoms with Gasteiger partial charge >= 0.3 is 5.97 Å². The van der Waals surface area contributed by atoms with Gasteiger partial charge in [0, 0.05) is 32.2 Å². The zero-order valence-electron chi connectivity index (χ0n) is 16.0. The summed E-state index contributed by atoms with van der Waals surface area (Å²) in [5, 5.41) is 8.99. The highest BCUT2D eigenvalue weighted by Gasteiger charge is 2.29. The van der Waals surface area contributed by atoms with Gasteiger partial charge in [-0.3, -0.25) is 9.45 Å². The number of aromatic carboxylic acids is 1. The largest absolute Gasteiger partial charge is 0.478 e. The Morgan fingerprint density at radius 1 is 1.21 bits per heavy atom. The second-order valence-corrected chi connectivity index (χ2v) is 8.17. The van der Waals surface area contributed by atoms with Crippen LogP contribution in [0.2, 0.25) is 0 Å². The monoisotopic (exact) mass is 420 g/mol. The molecule has 3 atom stereocenters. The number of hydrogen-bond donors (Lipinski definition) is 2. The number of halogens is 1. The molecule has 1 saturated heterocycles. The molecule has 0 radical (unpaired) electrons. The van der Waals surface area contributed by atoms with Crippen molar-refractivity contribution >= 4 is 17.2 Å². The molecular formula is C21H25FN2O4S. The molecule has 8 heteroatoms. The maximum Gasteiger partial charge on any atom is 0.335 e.